The maximum absolute atomic E-state index is 13.3. The third-order valence-corrected chi connectivity index (χ3v) is 19.9. The van der Waals surface area contributed by atoms with Crippen molar-refractivity contribution in [2.75, 3.05) is 52.9 Å². The van der Waals surface area contributed by atoms with E-state index in [1.165, 1.54) is 6.92 Å². The van der Waals surface area contributed by atoms with Crippen molar-refractivity contribution in [3.05, 3.63) is 0 Å². The Hall–Kier alpha value is -3.72. The molecule has 0 spiro atoms. The zero-order valence-electron chi connectivity index (χ0n) is 58.9. The first-order valence-corrected chi connectivity index (χ1v) is 34.9. The number of aliphatic hydroxyl groups is 23. The molecule has 0 aliphatic carbocycles. The van der Waals surface area contributed by atoms with E-state index in [-0.39, 0.29) is 0 Å². The van der Waals surface area contributed by atoms with Crippen molar-refractivity contribution in [1.82, 2.24) is 21.3 Å². The van der Waals surface area contributed by atoms with Gasteiger partial charge in [-0.05, 0) is 6.92 Å². The first kappa shape index (κ1) is 89.2. The van der Waals surface area contributed by atoms with E-state index in [1.54, 1.807) is 0 Å². The number of hydrogen-bond donors (Lipinski definition) is 27. The summed E-state index contributed by atoms with van der Waals surface area (Å²) in [7, 11) is 0. The van der Waals surface area contributed by atoms with Gasteiger partial charge in [0, 0.05) is 27.7 Å². The second-order valence-electron chi connectivity index (χ2n) is 27.7. The van der Waals surface area contributed by atoms with Crippen molar-refractivity contribution in [2.24, 2.45) is 0 Å². The van der Waals surface area contributed by atoms with Gasteiger partial charge < -0.3 is 219 Å². The van der Waals surface area contributed by atoms with E-state index in [4.69, 9.17) is 80.5 Å². The van der Waals surface area contributed by atoms with Crippen LogP contribution < -0.4 is 21.3 Å². The average molecular weight is 1600 g/mol. The molecular weight excluding hydrogens is 1490 g/mol. The molecule has 9 aliphatic rings. The van der Waals surface area contributed by atoms with Gasteiger partial charge in [0.2, 0.25) is 23.6 Å². The molecule has 0 aromatic carbocycles. The fourth-order valence-corrected chi connectivity index (χ4v) is 14.1. The molecule has 0 bridgehead atoms. The lowest BCUT2D eigenvalue weighted by Crippen LogP contribution is -2.71. The molecule has 109 heavy (non-hydrogen) atoms. The molecule has 27 N–H and O–H groups in total. The second kappa shape index (κ2) is 38.8. The lowest BCUT2D eigenvalue weighted by Gasteiger charge is -2.52. The monoisotopic (exact) mass is 1590 g/mol. The second-order valence-corrected chi connectivity index (χ2v) is 27.7. The molecule has 0 aromatic rings. The highest BCUT2D eigenvalue weighted by atomic mass is 16.8. The number of hydrogen-bond acceptors (Lipinski definition) is 44. The summed E-state index contributed by atoms with van der Waals surface area (Å²) in [5, 5.41) is 266. The first-order chi connectivity index (χ1) is 51.5. The van der Waals surface area contributed by atoms with Gasteiger partial charge in [0.1, 0.15) is 207 Å². The largest absolute Gasteiger partial charge is 0.394 e. The van der Waals surface area contributed by atoms with Crippen molar-refractivity contribution in [3.63, 3.8) is 0 Å². The van der Waals surface area contributed by atoms with Gasteiger partial charge in [0.15, 0.2) is 56.6 Å². The third-order valence-electron chi connectivity index (χ3n) is 19.9. The topological polar surface area (TPSA) is 739 Å². The summed E-state index contributed by atoms with van der Waals surface area (Å²) in [5.41, 5.74) is 0. The van der Waals surface area contributed by atoms with Crippen LogP contribution in [-0.2, 0) is 99.7 Å². The molecule has 9 rings (SSSR count). The number of carbonyl (C=O) groups is 4. The van der Waals surface area contributed by atoms with Crippen LogP contribution >= 0.6 is 0 Å². The Morgan fingerprint density at radius 1 is 0.294 bits per heavy atom. The number of aliphatic hydroxyl groups excluding tert-OH is 23. The average Bonchev–Trinajstić information content (AvgIpc) is 0.757. The molecule has 9 aliphatic heterocycles. The quantitative estimate of drug-likeness (QED) is 0.0363. The van der Waals surface area contributed by atoms with Crippen LogP contribution in [0.3, 0.4) is 0 Å². The lowest BCUT2D eigenvalue weighted by molar-refractivity contribution is -0.408. The fraction of sp³-hybridized carbons (Fsp3) is 0.934. The van der Waals surface area contributed by atoms with Crippen LogP contribution in [0.15, 0.2) is 0 Å². The van der Waals surface area contributed by atoms with Crippen molar-refractivity contribution in [2.45, 2.75) is 305 Å². The first-order valence-electron chi connectivity index (χ1n) is 34.9. The van der Waals surface area contributed by atoms with E-state index >= 15 is 0 Å². The van der Waals surface area contributed by atoms with Crippen LogP contribution in [-0.4, -0.2) is 464 Å². The minimum Gasteiger partial charge on any atom is -0.394 e. The van der Waals surface area contributed by atoms with E-state index in [0.29, 0.717) is 0 Å². The molecule has 0 saturated carbocycles. The van der Waals surface area contributed by atoms with Gasteiger partial charge in [-0.15, -0.1) is 0 Å². The minimum absolute atomic E-state index is 0.793. The molecule has 0 aromatic heterocycles. The summed E-state index contributed by atoms with van der Waals surface area (Å²) in [6.07, 6.45) is -81.4. The highest BCUT2D eigenvalue weighted by molar-refractivity contribution is 5.74. The molecule has 1 unspecified atom stereocenters. The van der Waals surface area contributed by atoms with Crippen molar-refractivity contribution in [1.29, 1.82) is 0 Å². The number of ether oxygens (including phenoxy) is 17. The molecule has 0 radical (unpaired) electrons. The van der Waals surface area contributed by atoms with E-state index in [9.17, 15) is 137 Å². The number of rotatable bonds is 27. The number of carbonyl (C=O) groups excluding carboxylic acids is 4. The Kier molecular flexibility index (Phi) is 31.8. The predicted molar refractivity (Wildman–Crippen MR) is 336 cm³/mol. The Morgan fingerprint density at radius 3 is 1.13 bits per heavy atom. The molecule has 9 saturated heterocycles. The Bertz CT molecular complexity index is 2890. The zero-order valence-corrected chi connectivity index (χ0v) is 58.9. The maximum atomic E-state index is 13.3. The van der Waals surface area contributed by atoms with Crippen molar-refractivity contribution < 1.29 is 217 Å². The zero-order chi connectivity index (χ0) is 80.2. The molecule has 48 heteroatoms. The van der Waals surface area contributed by atoms with Crippen LogP contribution in [0.5, 0.6) is 0 Å². The van der Waals surface area contributed by atoms with Crippen LogP contribution in [0.1, 0.15) is 34.6 Å². The Morgan fingerprint density at radius 2 is 0.642 bits per heavy atom. The molecule has 9 fully saturated rings. The Balaban J connectivity index is 1.07. The van der Waals surface area contributed by atoms with Gasteiger partial charge in [0.05, 0.1) is 59.0 Å². The van der Waals surface area contributed by atoms with E-state index < -0.39 is 346 Å². The van der Waals surface area contributed by atoms with Gasteiger partial charge in [-0.2, -0.15) is 0 Å². The third kappa shape index (κ3) is 19.9. The molecule has 4 amide bonds. The SMILES string of the molecule is CC(=O)N[C@H]1[C@H](O[C@H]2[C@H](O[C@@H]3O[C@@H](C)[C@@H](O)[C@@H](O)[C@@H]3O)[C@@H](NC(C)=O)C(O)O[C@@H]2CO)O[C@H](CO)[C@@H](O[C@@H]2O[C@H](CO[C@H]3O[C@H](CO)[C@@H](O[C@@H]4O[C@H](CO)[C@@H](O)[C@H](O)[C@H]4NC(C)=O)[C@@H](O)[C@@H]3O)[C@@H](O)[C@H](O[C@H]3O[C@H](CO)[C@@H](O[C@@H]4O[C@H](CO)[C@@H](O)[C@H](O)[C@H]4NC(C)=O)[C@H](O)[C@@H]3O)[C@@H]2O[C@@H]2OC[C@@H](O)[C@H](O)[C@H]2O)[C@@H]1O. The van der Waals surface area contributed by atoms with Gasteiger partial charge in [-0.3, -0.25) is 19.2 Å². The maximum Gasteiger partial charge on any atom is 0.217 e. The summed E-state index contributed by atoms with van der Waals surface area (Å²) < 4.78 is 102. The van der Waals surface area contributed by atoms with Crippen molar-refractivity contribution in [3.8, 4) is 0 Å². The summed E-state index contributed by atoms with van der Waals surface area (Å²) in [4.78, 5) is 50.6. The summed E-state index contributed by atoms with van der Waals surface area (Å²) >= 11 is 0. The highest BCUT2D eigenvalue weighted by Crippen LogP contribution is 2.40. The van der Waals surface area contributed by atoms with Crippen LogP contribution in [0.2, 0.25) is 0 Å². The van der Waals surface area contributed by atoms with Crippen LogP contribution in [0.4, 0.5) is 0 Å². The van der Waals surface area contributed by atoms with Gasteiger partial charge in [0.25, 0.3) is 0 Å². The Labute approximate surface area is 618 Å². The molecule has 48 nitrogen and oxygen atoms in total. The lowest BCUT2D eigenvalue weighted by atomic mass is 9.93. The van der Waals surface area contributed by atoms with Gasteiger partial charge in [-0.1, -0.05) is 0 Å². The van der Waals surface area contributed by atoms with E-state index in [1.807, 2.05) is 0 Å². The molecule has 630 valence electrons. The molecule has 44 atom stereocenters. The molecular formula is C61H102N4O44. The summed E-state index contributed by atoms with van der Waals surface area (Å²) in [6.45, 7) is -3.25. The normalized spacial score (nSPS) is 49.2. The fourth-order valence-electron chi connectivity index (χ4n) is 14.1. The summed E-state index contributed by atoms with van der Waals surface area (Å²) in [5.74, 6) is -3.44. The van der Waals surface area contributed by atoms with E-state index in [0.717, 1.165) is 27.7 Å². The van der Waals surface area contributed by atoms with Gasteiger partial charge >= 0.3 is 0 Å². The standard InChI is InChI=1S/C61H102N4O44/c1-14-31(77)39(85)43(89)59(95-14)107-50-30(65-18(5)75)53(92)96-25(11-71)49(50)106-56-29(64-17(4)74)38(84)46(22(8-68)99-56)105-61-52(109-58-42(88)32(78)19(76)12-93-58)51(108-60-45(91)41(87)48(24(10-70)101-60)104-55-28(63-16(3)73)37(83)34(80)21(7-67)98-55)35(81)26(102-61)13-94-57-44(90)40(86)47(23(9-69)100-57)103-54-27(62-15(2)72)36(82)33(79)20(6-66)97-54/h14,19-61,66-71,76-92H,6-13H2,1-5H3,(H,62,72)(H,63,73)(H,64,74)(H,65,75)/t14-,19+,20+,21+,22+,23+,24+,25+,26+,27+,28+,29+,30+,31+,32-,33+,34+,35+,36+,37+,38+,39+,40-,41+,42+,43-,44-,45-,46+,47+,48+,49+,50+,51-,52-,53?,54-,55-,56-,57-,58-,59-,60+,61-/m0/s1. The smallest absolute Gasteiger partial charge is 0.217 e. The summed E-state index contributed by atoms with van der Waals surface area (Å²) in [6, 6.07) is -7.10. The van der Waals surface area contributed by atoms with Gasteiger partial charge in [-0.25, -0.2) is 0 Å². The van der Waals surface area contributed by atoms with Crippen LogP contribution in [0, 0.1) is 0 Å². The number of amides is 4. The van der Waals surface area contributed by atoms with Crippen LogP contribution in [0.25, 0.3) is 0 Å². The van der Waals surface area contributed by atoms with E-state index in [2.05, 4.69) is 21.3 Å². The van der Waals surface area contributed by atoms with Crippen molar-refractivity contribution >= 4 is 23.6 Å². The predicted octanol–water partition coefficient (Wildman–Crippen LogP) is -18.4. The minimum atomic E-state index is -2.47. The molecule has 9 heterocycles. The highest BCUT2D eigenvalue weighted by Gasteiger charge is 2.61. The number of nitrogens with one attached hydrogen (secondary N) is 4.